The fourth-order valence-electron chi connectivity index (χ4n) is 2.59. The molecule has 1 aromatic carbocycles. The quantitative estimate of drug-likeness (QED) is 0.751. The number of aromatic amines is 1. The molecule has 116 valence electrons. The number of carbonyl (C=O) groups is 1. The lowest BCUT2D eigenvalue weighted by molar-refractivity contribution is 0.0645. The van der Waals surface area contributed by atoms with Gasteiger partial charge in [-0.15, -0.1) is 0 Å². The number of nitrogen functional groups attached to an aromatic ring is 1. The monoisotopic (exact) mass is 308 g/mol. The zero-order valence-corrected chi connectivity index (χ0v) is 12.7. The summed E-state index contributed by atoms with van der Waals surface area (Å²) in [5.74, 6) is 0.659. The lowest BCUT2D eigenvalue weighted by Gasteiger charge is -2.30. The number of imidazole rings is 1. The van der Waals surface area contributed by atoms with Crippen LogP contribution in [-0.2, 0) is 0 Å². The van der Waals surface area contributed by atoms with Crippen molar-refractivity contribution >= 4 is 22.8 Å². The third-order valence-corrected chi connectivity index (χ3v) is 4.02. The van der Waals surface area contributed by atoms with Gasteiger partial charge in [0.25, 0.3) is 5.91 Å². The molecule has 23 heavy (non-hydrogen) atoms. The van der Waals surface area contributed by atoms with Gasteiger partial charge in [0, 0.05) is 13.1 Å². The van der Waals surface area contributed by atoms with Gasteiger partial charge in [-0.25, -0.2) is 15.0 Å². The average molecular weight is 308 g/mol. The maximum Gasteiger partial charge on any atom is 0.274 e. The van der Waals surface area contributed by atoms with Crippen LogP contribution in [0.15, 0.2) is 24.4 Å². The van der Waals surface area contributed by atoms with Crippen LogP contribution in [0.5, 0.6) is 0 Å². The van der Waals surface area contributed by atoms with Crippen LogP contribution in [-0.4, -0.2) is 43.8 Å². The number of fused-ring (bicyclic) bond motifs is 1. The summed E-state index contributed by atoms with van der Waals surface area (Å²) in [6, 6.07) is 5.93. The summed E-state index contributed by atoms with van der Waals surface area (Å²) in [5, 5.41) is 0. The first-order valence-electron chi connectivity index (χ1n) is 7.50. The molecular formula is C16H16N6O. The van der Waals surface area contributed by atoms with Crippen molar-refractivity contribution < 1.29 is 4.79 Å². The van der Waals surface area contributed by atoms with Crippen LogP contribution in [0.2, 0.25) is 0 Å². The van der Waals surface area contributed by atoms with Gasteiger partial charge >= 0.3 is 0 Å². The molecule has 0 saturated carbocycles. The smallest absolute Gasteiger partial charge is 0.274 e. The first kappa shape index (κ1) is 13.7. The molecule has 0 radical (unpaired) electrons. The predicted octanol–water partition coefficient (Wildman–Crippen LogP) is 1.76. The third-order valence-electron chi connectivity index (χ3n) is 4.02. The fraction of sp³-hybridized carbons (Fsp3) is 0.250. The number of hydrogen-bond donors (Lipinski definition) is 2. The third kappa shape index (κ3) is 2.30. The van der Waals surface area contributed by atoms with Crippen molar-refractivity contribution in [3.63, 3.8) is 0 Å². The number of nitrogens with one attached hydrogen (secondary N) is 1. The molecule has 3 heterocycles. The molecule has 7 nitrogen and oxygen atoms in total. The SMILES string of the molecule is Cc1ccc2nc(-c3nc(C(=O)N4CCC4)cnc3N)[nH]c2c1. The molecular weight excluding hydrogens is 292 g/mol. The Hall–Kier alpha value is -2.96. The molecule has 7 heteroatoms. The number of rotatable bonds is 2. The lowest BCUT2D eigenvalue weighted by atomic mass is 10.2. The number of anilines is 1. The highest BCUT2D eigenvalue weighted by molar-refractivity contribution is 5.93. The van der Waals surface area contributed by atoms with E-state index in [0.717, 1.165) is 36.1 Å². The van der Waals surface area contributed by atoms with Crippen molar-refractivity contribution in [1.29, 1.82) is 0 Å². The average Bonchev–Trinajstić information content (AvgIpc) is 2.88. The van der Waals surface area contributed by atoms with E-state index < -0.39 is 0 Å². The number of H-pyrrole nitrogens is 1. The predicted molar refractivity (Wildman–Crippen MR) is 86.8 cm³/mol. The second-order valence-electron chi connectivity index (χ2n) is 5.74. The minimum atomic E-state index is -0.114. The molecule has 1 aliphatic heterocycles. The number of carbonyl (C=O) groups excluding carboxylic acids is 1. The van der Waals surface area contributed by atoms with Gasteiger partial charge in [0.2, 0.25) is 0 Å². The van der Waals surface area contributed by atoms with E-state index in [2.05, 4.69) is 19.9 Å². The van der Waals surface area contributed by atoms with Gasteiger partial charge in [0.1, 0.15) is 11.4 Å². The normalized spacial score (nSPS) is 14.0. The van der Waals surface area contributed by atoms with E-state index >= 15 is 0 Å². The molecule has 1 aliphatic rings. The summed E-state index contributed by atoms with van der Waals surface area (Å²) >= 11 is 0. The second kappa shape index (κ2) is 5.05. The maximum atomic E-state index is 12.3. The number of nitrogens with zero attached hydrogens (tertiary/aromatic N) is 4. The van der Waals surface area contributed by atoms with E-state index in [1.54, 1.807) is 4.90 Å². The Bertz CT molecular complexity index is 912. The van der Waals surface area contributed by atoms with Gasteiger partial charge in [0.15, 0.2) is 11.6 Å². The molecule has 0 unspecified atom stereocenters. The summed E-state index contributed by atoms with van der Waals surface area (Å²) in [4.78, 5) is 30.2. The number of likely N-dealkylation sites (tertiary alicyclic amines) is 1. The highest BCUT2D eigenvalue weighted by Crippen LogP contribution is 2.24. The standard InChI is InChI=1S/C16H16N6O/c1-9-3-4-10-11(7-9)21-15(20-10)13-14(17)18-8-12(19-13)16(23)22-5-2-6-22/h3-4,7-8H,2,5-6H2,1H3,(H2,17,18)(H,20,21). The molecule has 0 atom stereocenters. The minimum absolute atomic E-state index is 0.114. The Labute approximate surface area is 132 Å². The van der Waals surface area contributed by atoms with Crippen LogP contribution in [0.4, 0.5) is 5.82 Å². The summed E-state index contributed by atoms with van der Waals surface area (Å²) < 4.78 is 0. The number of amides is 1. The Balaban J connectivity index is 1.78. The molecule has 4 rings (SSSR count). The number of benzene rings is 1. The lowest BCUT2D eigenvalue weighted by Crippen LogP contribution is -2.42. The summed E-state index contributed by atoms with van der Waals surface area (Å²) in [5.41, 5.74) is 9.50. The number of aryl methyl sites for hydroxylation is 1. The van der Waals surface area contributed by atoms with Crippen LogP contribution in [0.3, 0.4) is 0 Å². The summed E-state index contributed by atoms with van der Waals surface area (Å²) in [6.07, 6.45) is 2.45. The zero-order chi connectivity index (χ0) is 16.0. The van der Waals surface area contributed by atoms with Crippen molar-refractivity contribution in [2.24, 2.45) is 0 Å². The molecule has 0 aliphatic carbocycles. The topological polar surface area (TPSA) is 101 Å². The van der Waals surface area contributed by atoms with Gasteiger partial charge in [-0.05, 0) is 31.0 Å². The highest BCUT2D eigenvalue weighted by Gasteiger charge is 2.24. The van der Waals surface area contributed by atoms with Crippen molar-refractivity contribution in [1.82, 2.24) is 24.8 Å². The zero-order valence-electron chi connectivity index (χ0n) is 12.7. The molecule has 1 amide bonds. The van der Waals surface area contributed by atoms with Crippen molar-refractivity contribution in [2.75, 3.05) is 18.8 Å². The van der Waals surface area contributed by atoms with E-state index in [4.69, 9.17) is 5.73 Å². The molecule has 3 N–H and O–H groups in total. The molecule has 1 fully saturated rings. The number of aromatic nitrogens is 4. The van der Waals surface area contributed by atoms with Crippen molar-refractivity contribution in [3.8, 4) is 11.5 Å². The molecule has 2 aromatic heterocycles. The number of nitrogens with two attached hydrogens (primary N) is 1. The Morgan fingerprint density at radius 2 is 2.13 bits per heavy atom. The van der Waals surface area contributed by atoms with E-state index in [1.165, 1.54) is 6.20 Å². The summed E-state index contributed by atoms with van der Waals surface area (Å²) in [7, 11) is 0. The molecule has 0 spiro atoms. The van der Waals surface area contributed by atoms with Gasteiger partial charge in [0.05, 0.1) is 17.2 Å². The van der Waals surface area contributed by atoms with Crippen LogP contribution in [0, 0.1) is 6.92 Å². The first-order chi connectivity index (χ1) is 11.1. The number of hydrogen-bond acceptors (Lipinski definition) is 5. The first-order valence-corrected chi connectivity index (χ1v) is 7.50. The Morgan fingerprint density at radius 3 is 2.87 bits per heavy atom. The van der Waals surface area contributed by atoms with Gasteiger partial charge in [-0.2, -0.15) is 0 Å². The van der Waals surface area contributed by atoms with E-state index in [9.17, 15) is 4.79 Å². The highest BCUT2D eigenvalue weighted by atomic mass is 16.2. The van der Waals surface area contributed by atoms with E-state index in [1.807, 2.05) is 25.1 Å². The van der Waals surface area contributed by atoms with Crippen LogP contribution in [0.25, 0.3) is 22.6 Å². The second-order valence-corrected chi connectivity index (χ2v) is 5.74. The van der Waals surface area contributed by atoms with Gasteiger partial charge in [-0.1, -0.05) is 6.07 Å². The fourth-order valence-corrected chi connectivity index (χ4v) is 2.59. The summed E-state index contributed by atoms with van der Waals surface area (Å²) in [6.45, 7) is 3.55. The van der Waals surface area contributed by atoms with Crippen LogP contribution < -0.4 is 5.73 Å². The molecule has 3 aromatic rings. The van der Waals surface area contributed by atoms with Crippen molar-refractivity contribution in [3.05, 3.63) is 35.7 Å². The van der Waals surface area contributed by atoms with E-state index in [-0.39, 0.29) is 11.7 Å². The van der Waals surface area contributed by atoms with Crippen LogP contribution >= 0.6 is 0 Å². The molecule has 0 bridgehead atoms. The minimum Gasteiger partial charge on any atom is -0.382 e. The van der Waals surface area contributed by atoms with Crippen LogP contribution in [0.1, 0.15) is 22.5 Å². The maximum absolute atomic E-state index is 12.3. The Morgan fingerprint density at radius 1 is 1.30 bits per heavy atom. The molecule has 1 saturated heterocycles. The largest absolute Gasteiger partial charge is 0.382 e. The van der Waals surface area contributed by atoms with Gasteiger partial charge in [-0.3, -0.25) is 4.79 Å². The van der Waals surface area contributed by atoms with Crippen molar-refractivity contribution in [2.45, 2.75) is 13.3 Å². The Kier molecular flexibility index (Phi) is 3.00. The van der Waals surface area contributed by atoms with E-state index in [0.29, 0.717) is 17.2 Å². The van der Waals surface area contributed by atoms with Gasteiger partial charge < -0.3 is 15.6 Å².